The summed E-state index contributed by atoms with van der Waals surface area (Å²) < 4.78 is 36.7. The van der Waals surface area contributed by atoms with Gasteiger partial charge in [0.2, 0.25) is 0 Å². The van der Waals surface area contributed by atoms with Crippen LogP contribution in [0.3, 0.4) is 0 Å². The zero-order chi connectivity index (χ0) is 14.3. The van der Waals surface area contributed by atoms with Crippen LogP contribution in [0.25, 0.3) is 0 Å². The Morgan fingerprint density at radius 3 is 1.94 bits per heavy atom. The van der Waals surface area contributed by atoms with Crippen molar-refractivity contribution in [2.75, 3.05) is 6.61 Å². The van der Waals surface area contributed by atoms with E-state index in [0.29, 0.717) is 0 Å². The average molecular weight is 268 g/mol. The highest BCUT2D eigenvalue weighted by Gasteiger charge is 2.25. The van der Waals surface area contributed by atoms with Gasteiger partial charge < -0.3 is 14.2 Å². The van der Waals surface area contributed by atoms with Crippen LogP contribution in [-0.4, -0.2) is 43.1 Å². The van der Waals surface area contributed by atoms with Gasteiger partial charge in [0.05, 0.1) is 0 Å². The standard InChI is InChI=1S/C10H14F2O6/c1-5(9(14)16-4-8(11)12)18-10(15)6(2)17-7(3)13/h5-6,8H,4H2,1-3H3. The molecule has 0 heterocycles. The number of alkyl halides is 2. The molecule has 18 heavy (non-hydrogen) atoms. The maximum Gasteiger partial charge on any atom is 0.347 e. The van der Waals surface area contributed by atoms with E-state index in [1.54, 1.807) is 0 Å². The normalized spacial score (nSPS) is 13.7. The van der Waals surface area contributed by atoms with E-state index in [1.807, 2.05) is 0 Å². The second kappa shape index (κ2) is 7.57. The van der Waals surface area contributed by atoms with Gasteiger partial charge in [0, 0.05) is 6.92 Å². The Morgan fingerprint density at radius 2 is 1.50 bits per heavy atom. The molecule has 0 aliphatic rings. The van der Waals surface area contributed by atoms with E-state index in [4.69, 9.17) is 0 Å². The monoisotopic (exact) mass is 268 g/mol. The van der Waals surface area contributed by atoms with E-state index in [0.717, 1.165) is 13.8 Å². The van der Waals surface area contributed by atoms with E-state index >= 15 is 0 Å². The molecule has 0 saturated carbocycles. The molecule has 0 aliphatic heterocycles. The predicted octanol–water partition coefficient (Wildman–Crippen LogP) is 0.678. The van der Waals surface area contributed by atoms with Crippen molar-refractivity contribution in [1.82, 2.24) is 0 Å². The van der Waals surface area contributed by atoms with Crippen molar-refractivity contribution in [2.45, 2.75) is 39.4 Å². The second-order valence-electron chi connectivity index (χ2n) is 3.35. The summed E-state index contributed by atoms with van der Waals surface area (Å²) in [5, 5.41) is 0. The molecule has 0 rings (SSSR count). The van der Waals surface area contributed by atoms with Crippen molar-refractivity contribution in [3.05, 3.63) is 0 Å². The molecule has 0 amide bonds. The lowest BCUT2D eigenvalue weighted by atomic mass is 10.3. The first-order chi connectivity index (χ1) is 8.23. The van der Waals surface area contributed by atoms with Crippen LogP contribution in [0.1, 0.15) is 20.8 Å². The van der Waals surface area contributed by atoms with Crippen molar-refractivity contribution >= 4 is 17.9 Å². The van der Waals surface area contributed by atoms with Crippen LogP contribution in [0.2, 0.25) is 0 Å². The Hall–Kier alpha value is -1.73. The minimum absolute atomic E-state index is 0.688. The van der Waals surface area contributed by atoms with Crippen molar-refractivity contribution in [3.8, 4) is 0 Å². The van der Waals surface area contributed by atoms with E-state index < -0.39 is 43.1 Å². The topological polar surface area (TPSA) is 78.9 Å². The summed E-state index contributed by atoms with van der Waals surface area (Å²) in [7, 11) is 0. The Labute approximate surface area is 102 Å². The number of halogens is 2. The lowest BCUT2D eigenvalue weighted by molar-refractivity contribution is -0.177. The molecule has 6 nitrogen and oxygen atoms in total. The molecule has 0 aliphatic carbocycles. The van der Waals surface area contributed by atoms with Crippen LogP contribution < -0.4 is 0 Å². The zero-order valence-electron chi connectivity index (χ0n) is 10.1. The van der Waals surface area contributed by atoms with Gasteiger partial charge >= 0.3 is 17.9 Å². The fraction of sp³-hybridized carbons (Fsp3) is 0.700. The van der Waals surface area contributed by atoms with Crippen LogP contribution in [0.15, 0.2) is 0 Å². The third kappa shape index (κ3) is 6.77. The Bertz CT molecular complexity index is 317. The number of hydrogen-bond acceptors (Lipinski definition) is 6. The highest BCUT2D eigenvalue weighted by Crippen LogP contribution is 2.03. The first kappa shape index (κ1) is 16.3. The Morgan fingerprint density at radius 1 is 1.00 bits per heavy atom. The van der Waals surface area contributed by atoms with Crippen molar-refractivity contribution in [2.24, 2.45) is 0 Å². The number of hydrogen-bond donors (Lipinski definition) is 0. The van der Waals surface area contributed by atoms with Gasteiger partial charge in [-0.1, -0.05) is 0 Å². The molecule has 0 N–H and O–H groups in total. The summed E-state index contributed by atoms with van der Waals surface area (Å²) in [5.74, 6) is -2.75. The lowest BCUT2D eigenvalue weighted by Gasteiger charge is -2.15. The van der Waals surface area contributed by atoms with Crippen molar-refractivity contribution < 1.29 is 37.4 Å². The molecular formula is C10H14F2O6. The Kier molecular flexibility index (Phi) is 6.84. The number of carbonyl (C=O) groups is 3. The molecule has 2 atom stereocenters. The van der Waals surface area contributed by atoms with Crippen LogP contribution >= 0.6 is 0 Å². The average Bonchev–Trinajstić information content (AvgIpc) is 2.24. The summed E-state index contributed by atoms with van der Waals surface area (Å²) >= 11 is 0. The van der Waals surface area contributed by atoms with E-state index in [1.165, 1.54) is 6.92 Å². The lowest BCUT2D eigenvalue weighted by Crippen LogP contribution is -2.33. The molecule has 0 aromatic rings. The van der Waals surface area contributed by atoms with Gasteiger partial charge in [-0.15, -0.1) is 0 Å². The largest absolute Gasteiger partial charge is 0.457 e. The molecule has 0 aromatic heterocycles. The molecule has 0 bridgehead atoms. The Balaban J connectivity index is 4.13. The summed E-state index contributed by atoms with van der Waals surface area (Å²) in [6, 6.07) is 0. The third-order valence-corrected chi connectivity index (χ3v) is 1.65. The van der Waals surface area contributed by atoms with Gasteiger partial charge in [-0.25, -0.2) is 18.4 Å². The van der Waals surface area contributed by atoms with Crippen LogP contribution in [0, 0.1) is 0 Å². The summed E-state index contributed by atoms with van der Waals surface area (Å²) in [5.41, 5.74) is 0. The highest BCUT2D eigenvalue weighted by molar-refractivity contribution is 5.82. The van der Waals surface area contributed by atoms with Gasteiger partial charge in [0.15, 0.2) is 18.8 Å². The van der Waals surface area contributed by atoms with Crippen molar-refractivity contribution in [3.63, 3.8) is 0 Å². The van der Waals surface area contributed by atoms with Crippen LogP contribution in [-0.2, 0) is 28.6 Å². The van der Waals surface area contributed by atoms with E-state index in [2.05, 4.69) is 14.2 Å². The minimum atomic E-state index is -2.79. The number of ether oxygens (including phenoxy) is 3. The minimum Gasteiger partial charge on any atom is -0.457 e. The fourth-order valence-corrected chi connectivity index (χ4v) is 0.878. The number of esters is 3. The molecule has 0 fully saturated rings. The number of carbonyl (C=O) groups excluding carboxylic acids is 3. The summed E-state index contributed by atoms with van der Waals surface area (Å²) in [4.78, 5) is 32.9. The fourth-order valence-electron chi connectivity index (χ4n) is 0.878. The van der Waals surface area contributed by atoms with Crippen LogP contribution in [0.5, 0.6) is 0 Å². The van der Waals surface area contributed by atoms with E-state index in [-0.39, 0.29) is 0 Å². The van der Waals surface area contributed by atoms with Crippen molar-refractivity contribution in [1.29, 1.82) is 0 Å². The predicted molar refractivity (Wildman–Crippen MR) is 53.7 cm³/mol. The summed E-state index contributed by atoms with van der Waals surface area (Å²) in [6.45, 7) is 2.44. The van der Waals surface area contributed by atoms with Gasteiger partial charge in [-0.3, -0.25) is 4.79 Å². The quantitative estimate of drug-likeness (QED) is 0.520. The van der Waals surface area contributed by atoms with E-state index in [9.17, 15) is 23.2 Å². The first-order valence-electron chi connectivity index (χ1n) is 5.06. The molecule has 8 heteroatoms. The second-order valence-corrected chi connectivity index (χ2v) is 3.35. The third-order valence-electron chi connectivity index (χ3n) is 1.65. The molecule has 0 radical (unpaired) electrons. The maximum atomic E-state index is 11.8. The molecule has 0 saturated heterocycles. The maximum absolute atomic E-state index is 11.8. The smallest absolute Gasteiger partial charge is 0.347 e. The molecule has 0 aromatic carbocycles. The molecule has 104 valence electrons. The van der Waals surface area contributed by atoms with Crippen LogP contribution in [0.4, 0.5) is 8.78 Å². The molecule has 2 unspecified atom stereocenters. The van der Waals surface area contributed by atoms with Gasteiger partial charge in [0.25, 0.3) is 6.43 Å². The zero-order valence-corrected chi connectivity index (χ0v) is 10.1. The first-order valence-corrected chi connectivity index (χ1v) is 5.06. The van der Waals surface area contributed by atoms with Gasteiger partial charge in [-0.05, 0) is 13.8 Å². The van der Waals surface area contributed by atoms with Gasteiger partial charge in [-0.2, -0.15) is 0 Å². The molecule has 0 spiro atoms. The summed E-state index contributed by atoms with van der Waals surface area (Å²) in [6.07, 6.45) is -5.33. The molecular weight excluding hydrogens is 254 g/mol. The van der Waals surface area contributed by atoms with Gasteiger partial charge in [0.1, 0.15) is 0 Å². The SMILES string of the molecule is CC(=O)OC(C)C(=O)OC(C)C(=O)OCC(F)F. The highest BCUT2D eigenvalue weighted by atomic mass is 19.3. The number of rotatable bonds is 6.